The molecule has 4 rings (SSSR count). The standard InChI is InChI=1S/C34H39N/c1-4-7-9-11-20-34(21-12-10-8-5-2)32-23-27(25-35)16-18-30(32)31-19-17-29(24-33(31)34)28-15-13-14-26(6-3)22-28/h6,13-19,22-24H,3-5,7-12,20-21H2,1-2H3. The Morgan fingerprint density at radius 2 is 1.37 bits per heavy atom. The van der Waals surface area contributed by atoms with E-state index in [1.54, 1.807) is 0 Å². The topological polar surface area (TPSA) is 23.8 Å². The monoisotopic (exact) mass is 461 g/mol. The lowest BCUT2D eigenvalue weighted by Crippen LogP contribution is -2.25. The predicted octanol–water partition coefficient (Wildman–Crippen LogP) is 10.1. The fourth-order valence-corrected chi connectivity index (χ4v) is 5.96. The molecule has 1 heteroatoms. The molecule has 0 spiro atoms. The van der Waals surface area contributed by atoms with Crippen molar-refractivity contribution in [3.05, 3.63) is 89.5 Å². The first-order valence-electron chi connectivity index (χ1n) is 13.6. The van der Waals surface area contributed by atoms with Crippen LogP contribution in [0.2, 0.25) is 0 Å². The first-order valence-corrected chi connectivity index (χ1v) is 13.6. The minimum Gasteiger partial charge on any atom is -0.192 e. The summed E-state index contributed by atoms with van der Waals surface area (Å²) in [6.07, 6.45) is 14.3. The van der Waals surface area contributed by atoms with E-state index in [1.807, 2.05) is 12.1 Å². The van der Waals surface area contributed by atoms with Crippen molar-refractivity contribution in [2.75, 3.05) is 0 Å². The lowest BCUT2D eigenvalue weighted by molar-refractivity contribution is 0.401. The Labute approximate surface area is 212 Å². The second kappa shape index (κ2) is 11.5. The molecule has 0 unspecified atom stereocenters. The van der Waals surface area contributed by atoms with Crippen LogP contribution in [0, 0.1) is 11.3 Å². The average Bonchev–Trinajstić information content (AvgIpc) is 3.17. The molecular formula is C34H39N. The third-order valence-corrected chi connectivity index (χ3v) is 7.86. The van der Waals surface area contributed by atoms with E-state index in [0.717, 1.165) is 24.0 Å². The molecule has 0 heterocycles. The van der Waals surface area contributed by atoms with Crippen molar-refractivity contribution in [2.24, 2.45) is 0 Å². The minimum absolute atomic E-state index is 0.00886. The van der Waals surface area contributed by atoms with Crippen molar-refractivity contribution < 1.29 is 0 Å². The van der Waals surface area contributed by atoms with E-state index >= 15 is 0 Å². The highest BCUT2D eigenvalue weighted by atomic mass is 14.5. The van der Waals surface area contributed by atoms with Gasteiger partial charge in [0.25, 0.3) is 0 Å². The van der Waals surface area contributed by atoms with Crippen molar-refractivity contribution in [3.8, 4) is 28.3 Å². The summed E-state index contributed by atoms with van der Waals surface area (Å²) in [5.41, 5.74) is 9.98. The van der Waals surface area contributed by atoms with E-state index in [-0.39, 0.29) is 5.41 Å². The van der Waals surface area contributed by atoms with Gasteiger partial charge in [-0.25, -0.2) is 0 Å². The molecule has 0 radical (unpaired) electrons. The number of hydrogen-bond donors (Lipinski definition) is 0. The molecule has 3 aromatic rings. The van der Waals surface area contributed by atoms with Crippen LogP contribution in [0.3, 0.4) is 0 Å². The van der Waals surface area contributed by atoms with Crippen molar-refractivity contribution in [2.45, 2.75) is 83.5 Å². The van der Waals surface area contributed by atoms with Crippen molar-refractivity contribution in [1.82, 2.24) is 0 Å². The SMILES string of the molecule is C=Cc1cccc(-c2ccc3c(c2)C(CCCCCC)(CCCCCC)c2cc(C#N)ccc2-3)c1. The minimum atomic E-state index is -0.00886. The maximum absolute atomic E-state index is 9.73. The molecule has 0 atom stereocenters. The van der Waals surface area contributed by atoms with Gasteiger partial charge in [-0.1, -0.05) is 114 Å². The van der Waals surface area contributed by atoms with E-state index in [9.17, 15) is 5.26 Å². The second-order valence-corrected chi connectivity index (χ2v) is 10.2. The summed E-state index contributed by atoms with van der Waals surface area (Å²) in [6.45, 7) is 8.52. The quantitative estimate of drug-likeness (QED) is 0.246. The predicted molar refractivity (Wildman–Crippen MR) is 150 cm³/mol. The molecule has 0 aliphatic heterocycles. The highest BCUT2D eigenvalue weighted by molar-refractivity contribution is 5.84. The molecule has 1 aliphatic carbocycles. The van der Waals surface area contributed by atoms with Gasteiger partial charge in [-0.05, 0) is 76.1 Å². The highest BCUT2D eigenvalue weighted by Crippen LogP contribution is 2.55. The Morgan fingerprint density at radius 1 is 0.743 bits per heavy atom. The third kappa shape index (κ3) is 5.13. The smallest absolute Gasteiger partial charge is 0.0991 e. The molecule has 0 amide bonds. The highest BCUT2D eigenvalue weighted by Gasteiger charge is 2.42. The average molecular weight is 462 g/mol. The molecule has 1 aliphatic rings. The number of unbranched alkanes of at least 4 members (excludes halogenated alkanes) is 6. The molecule has 0 saturated heterocycles. The maximum Gasteiger partial charge on any atom is 0.0991 e. The van der Waals surface area contributed by atoms with Crippen LogP contribution < -0.4 is 0 Å². The number of rotatable bonds is 12. The Bertz CT molecular complexity index is 1200. The molecule has 0 aromatic heterocycles. The first kappa shape index (κ1) is 25.0. The first-order chi connectivity index (χ1) is 17.2. The number of hydrogen-bond acceptors (Lipinski definition) is 1. The van der Waals surface area contributed by atoms with Gasteiger partial charge < -0.3 is 0 Å². The largest absolute Gasteiger partial charge is 0.192 e. The van der Waals surface area contributed by atoms with Crippen LogP contribution >= 0.6 is 0 Å². The van der Waals surface area contributed by atoms with Gasteiger partial charge in [-0.2, -0.15) is 5.26 Å². The van der Waals surface area contributed by atoms with Crippen LogP contribution in [0.25, 0.3) is 28.3 Å². The summed E-state index contributed by atoms with van der Waals surface area (Å²) < 4.78 is 0. The zero-order valence-corrected chi connectivity index (χ0v) is 21.6. The van der Waals surface area contributed by atoms with E-state index < -0.39 is 0 Å². The fourth-order valence-electron chi connectivity index (χ4n) is 5.96. The number of nitrogens with zero attached hydrogens (tertiary/aromatic N) is 1. The molecule has 0 N–H and O–H groups in total. The van der Waals surface area contributed by atoms with Gasteiger partial charge in [0, 0.05) is 5.41 Å². The Balaban J connectivity index is 1.85. The maximum atomic E-state index is 9.73. The van der Waals surface area contributed by atoms with Gasteiger partial charge in [0.15, 0.2) is 0 Å². The second-order valence-electron chi connectivity index (χ2n) is 10.2. The van der Waals surface area contributed by atoms with Gasteiger partial charge in [0.05, 0.1) is 11.6 Å². The lowest BCUT2D eigenvalue weighted by Gasteiger charge is -2.33. The summed E-state index contributed by atoms with van der Waals surface area (Å²) in [5, 5.41) is 9.73. The molecule has 3 aromatic carbocycles. The molecule has 35 heavy (non-hydrogen) atoms. The zero-order chi connectivity index (χ0) is 24.7. The summed E-state index contributed by atoms with van der Waals surface area (Å²) in [6, 6.07) is 24.5. The Kier molecular flexibility index (Phi) is 8.25. The Hall–Kier alpha value is -3.11. The van der Waals surface area contributed by atoms with E-state index in [0.29, 0.717) is 0 Å². The van der Waals surface area contributed by atoms with E-state index in [4.69, 9.17) is 0 Å². The van der Waals surface area contributed by atoms with Gasteiger partial charge >= 0.3 is 0 Å². The van der Waals surface area contributed by atoms with Crippen LogP contribution in [0.5, 0.6) is 0 Å². The van der Waals surface area contributed by atoms with Crippen LogP contribution in [-0.2, 0) is 5.41 Å². The van der Waals surface area contributed by atoms with Crippen molar-refractivity contribution in [3.63, 3.8) is 0 Å². The fraction of sp³-hybridized carbons (Fsp3) is 0.382. The van der Waals surface area contributed by atoms with Crippen molar-refractivity contribution >= 4 is 6.08 Å². The summed E-state index contributed by atoms with van der Waals surface area (Å²) in [5.74, 6) is 0. The van der Waals surface area contributed by atoms with Gasteiger partial charge in [0.1, 0.15) is 0 Å². The Morgan fingerprint density at radius 3 is 2.00 bits per heavy atom. The van der Waals surface area contributed by atoms with Gasteiger partial charge in [0.2, 0.25) is 0 Å². The van der Waals surface area contributed by atoms with Gasteiger partial charge in [-0.15, -0.1) is 0 Å². The van der Waals surface area contributed by atoms with Crippen LogP contribution in [0.4, 0.5) is 0 Å². The summed E-state index contributed by atoms with van der Waals surface area (Å²) in [4.78, 5) is 0. The third-order valence-electron chi connectivity index (χ3n) is 7.86. The number of benzene rings is 3. The van der Waals surface area contributed by atoms with Crippen LogP contribution in [0.15, 0.2) is 67.2 Å². The lowest BCUT2D eigenvalue weighted by atomic mass is 9.70. The molecular weight excluding hydrogens is 422 g/mol. The molecule has 0 fully saturated rings. The zero-order valence-electron chi connectivity index (χ0n) is 21.6. The number of nitriles is 1. The number of fused-ring (bicyclic) bond motifs is 3. The van der Waals surface area contributed by atoms with Crippen LogP contribution in [0.1, 0.15) is 100 Å². The van der Waals surface area contributed by atoms with E-state index in [2.05, 4.69) is 81.1 Å². The molecule has 0 saturated carbocycles. The van der Waals surface area contributed by atoms with E-state index in [1.165, 1.54) is 84.7 Å². The normalized spacial score (nSPS) is 13.2. The van der Waals surface area contributed by atoms with Crippen LogP contribution in [-0.4, -0.2) is 0 Å². The molecule has 180 valence electrons. The van der Waals surface area contributed by atoms with Crippen molar-refractivity contribution in [1.29, 1.82) is 5.26 Å². The summed E-state index contributed by atoms with van der Waals surface area (Å²) >= 11 is 0. The molecule has 1 nitrogen and oxygen atoms in total. The van der Waals surface area contributed by atoms with Gasteiger partial charge in [-0.3, -0.25) is 0 Å². The summed E-state index contributed by atoms with van der Waals surface area (Å²) in [7, 11) is 0. The molecule has 0 bridgehead atoms.